The van der Waals surface area contributed by atoms with Crippen LogP contribution in [-0.4, -0.2) is 30.6 Å². The summed E-state index contributed by atoms with van der Waals surface area (Å²) >= 11 is 0. The van der Waals surface area contributed by atoms with Gasteiger partial charge in [-0.1, -0.05) is 30.7 Å². The molecule has 0 bridgehead atoms. The highest BCUT2D eigenvalue weighted by molar-refractivity contribution is 5.40. The third-order valence-electron chi connectivity index (χ3n) is 5.67. The number of fused-ring (bicyclic) bond motifs is 2. The summed E-state index contributed by atoms with van der Waals surface area (Å²) in [4.78, 5) is 2.70. The zero-order valence-corrected chi connectivity index (χ0v) is 11.6. The Hall–Kier alpha value is -0.860. The minimum absolute atomic E-state index is 0.470. The van der Waals surface area contributed by atoms with Gasteiger partial charge in [0.2, 0.25) is 0 Å². The lowest BCUT2D eigenvalue weighted by atomic mass is 9.77. The van der Waals surface area contributed by atoms with E-state index < -0.39 is 0 Å². The fraction of sp³-hybridized carbons (Fsp3) is 0.647. The van der Waals surface area contributed by atoms with Crippen LogP contribution in [0.2, 0.25) is 0 Å². The van der Waals surface area contributed by atoms with Gasteiger partial charge in [-0.3, -0.25) is 0 Å². The Morgan fingerprint density at radius 1 is 1.16 bits per heavy atom. The van der Waals surface area contributed by atoms with Crippen LogP contribution in [0.3, 0.4) is 0 Å². The molecular weight excluding hydrogens is 232 g/mol. The molecule has 0 radical (unpaired) electrons. The highest BCUT2D eigenvalue weighted by Gasteiger charge is 2.40. The number of hydrogen-bond acceptors (Lipinski definition) is 2. The molecular formula is C17H24N2. The van der Waals surface area contributed by atoms with Crippen LogP contribution < -0.4 is 5.73 Å². The molecule has 4 unspecified atom stereocenters. The highest BCUT2D eigenvalue weighted by atomic mass is 15.2. The number of likely N-dealkylation sites (tertiary alicyclic amines) is 1. The maximum Gasteiger partial charge on any atom is 0.00825 e. The molecule has 2 heteroatoms. The van der Waals surface area contributed by atoms with Crippen molar-refractivity contribution in [2.24, 2.45) is 17.6 Å². The van der Waals surface area contributed by atoms with Gasteiger partial charge in [-0.2, -0.15) is 0 Å². The maximum atomic E-state index is 6.31. The van der Waals surface area contributed by atoms with Crippen LogP contribution in [0.15, 0.2) is 24.3 Å². The molecule has 0 amide bonds. The molecule has 1 aromatic rings. The van der Waals surface area contributed by atoms with Gasteiger partial charge in [-0.15, -0.1) is 0 Å². The quantitative estimate of drug-likeness (QED) is 0.880. The van der Waals surface area contributed by atoms with Gasteiger partial charge in [0.05, 0.1) is 0 Å². The van der Waals surface area contributed by atoms with Crippen LogP contribution in [0.25, 0.3) is 0 Å². The molecule has 4 atom stereocenters. The summed E-state index contributed by atoms with van der Waals surface area (Å²) in [6.45, 7) is 3.82. The molecule has 19 heavy (non-hydrogen) atoms. The minimum atomic E-state index is 0.470. The Morgan fingerprint density at radius 3 is 2.89 bits per heavy atom. The topological polar surface area (TPSA) is 29.3 Å². The number of rotatable bonds is 2. The van der Waals surface area contributed by atoms with Crippen LogP contribution in [0.5, 0.6) is 0 Å². The first-order valence-electron chi connectivity index (χ1n) is 7.87. The molecule has 1 saturated heterocycles. The first-order chi connectivity index (χ1) is 9.31. The van der Waals surface area contributed by atoms with E-state index in [9.17, 15) is 0 Å². The standard InChI is InChI=1S/C17H24N2/c18-17-7-3-5-13-9-19(11-16(13)17)10-14-8-12-4-1-2-6-15(12)14/h1-2,4,6,13-14,16-17H,3,5,7-11,18H2. The van der Waals surface area contributed by atoms with Crippen molar-refractivity contribution >= 4 is 0 Å². The Balaban J connectivity index is 1.41. The maximum absolute atomic E-state index is 6.31. The van der Waals surface area contributed by atoms with Crippen LogP contribution in [-0.2, 0) is 6.42 Å². The SMILES string of the molecule is NC1CCCC2CN(CC3Cc4ccccc43)CC12. The number of benzene rings is 1. The van der Waals surface area contributed by atoms with Crippen molar-refractivity contribution in [3.8, 4) is 0 Å². The van der Waals surface area contributed by atoms with E-state index in [1.165, 1.54) is 45.3 Å². The molecule has 0 spiro atoms. The average molecular weight is 256 g/mol. The fourth-order valence-corrected chi connectivity index (χ4v) is 4.60. The van der Waals surface area contributed by atoms with E-state index in [2.05, 4.69) is 29.2 Å². The summed E-state index contributed by atoms with van der Waals surface area (Å²) in [5, 5.41) is 0. The van der Waals surface area contributed by atoms with Gasteiger partial charge >= 0.3 is 0 Å². The van der Waals surface area contributed by atoms with Crippen molar-refractivity contribution in [1.82, 2.24) is 4.90 Å². The van der Waals surface area contributed by atoms with Crippen LogP contribution in [0.4, 0.5) is 0 Å². The van der Waals surface area contributed by atoms with Crippen LogP contribution in [0, 0.1) is 11.8 Å². The lowest BCUT2D eigenvalue weighted by molar-refractivity contribution is 0.258. The Kier molecular flexibility index (Phi) is 2.89. The van der Waals surface area contributed by atoms with E-state index in [1.54, 1.807) is 11.1 Å². The van der Waals surface area contributed by atoms with Gasteiger partial charge in [0.25, 0.3) is 0 Å². The predicted molar refractivity (Wildman–Crippen MR) is 78.1 cm³/mol. The summed E-state index contributed by atoms with van der Waals surface area (Å²) < 4.78 is 0. The van der Waals surface area contributed by atoms with E-state index >= 15 is 0 Å². The normalized spacial score (nSPS) is 37.5. The monoisotopic (exact) mass is 256 g/mol. The van der Waals surface area contributed by atoms with E-state index in [-0.39, 0.29) is 0 Å². The first kappa shape index (κ1) is 11.9. The number of hydrogen-bond donors (Lipinski definition) is 1. The molecule has 2 aliphatic carbocycles. The Morgan fingerprint density at radius 2 is 2.05 bits per heavy atom. The lowest BCUT2D eigenvalue weighted by Gasteiger charge is -2.33. The van der Waals surface area contributed by atoms with E-state index in [0.717, 1.165) is 17.8 Å². The molecule has 2 N–H and O–H groups in total. The van der Waals surface area contributed by atoms with Crippen molar-refractivity contribution in [1.29, 1.82) is 0 Å². The fourth-order valence-electron chi connectivity index (χ4n) is 4.60. The van der Waals surface area contributed by atoms with E-state index in [4.69, 9.17) is 5.73 Å². The van der Waals surface area contributed by atoms with Gasteiger partial charge < -0.3 is 10.6 Å². The van der Waals surface area contributed by atoms with Gasteiger partial charge in [-0.05, 0) is 42.2 Å². The molecule has 1 aromatic carbocycles. The van der Waals surface area contributed by atoms with E-state index in [0.29, 0.717) is 6.04 Å². The second-order valence-corrected chi connectivity index (χ2v) is 6.84. The predicted octanol–water partition coefficient (Wildman–Crippen LogP) is 2.39. The second kappa shape index (κ2) is 4.60. The second-order valence-electron chi connectivity index (χ2n) is 6.84. The largest absolute Gasteiger partial charge is 0.327 e. The molecule has 1 saturated carbocycles. The molecule has 2 nitrogen and oxygen atoms in total. The van der Waals surface area contributed by atoms with Crippen LogP contribution in [0.1, 0.15) is 36.3 Å². The molecule has 2 fully saturated rings. The summed E-state index contributed by atoms with van der Waals surface area (Å²) in [5.74, 6) is 2.45. The van der Waals surface area contributed by atoms with E-state index in [1.807, 2.05) is 0 Å². The van der Waals surface area contributed by atoms with Gasteiger partial charge in [0.1, 0.15) is 0 Å². The van der Waals surface area contributed by atoms with Crippen LogP contribution >= 0.6 is 0 Å². The van der Waals surface area contributed by atoms with Gasteiger partial charge in [0, 0.05) is 31.6 Å². The molecule has 102 valence electrons. The van der Waals surface area contributed by atoms with Gasteiger partial charge in [-0.25, -0.2) is 0 Å². The summed E-state index contributed by atoms with van der Waals surface area (Å²) in [6.07, 6.45) is 5.30. The van der Waals surface area contributed by atoms with Crippen molar-refractivity contribution in [2.75, 3.05) is 19.6 Å². The number of nitrogens with zero attached hydrogens (tertiary/aromatic N) is 1. The third kappa shape index (κ3) is 2.02. The van der Waals surface area contributed by atoms with Gasteiger partial charge in [0.15, 0.2) is 0 Å². The minimum Gasteiger partial charge on any atom is -0.327 e. The summed E-state index contributed by atoms with van der Waals surface area (Å²) in [7, 11) is 0. The Labute approximate surface area is 116 Å². The highest BCUT2D eigenvalue weighted by Crippen LogP contribution is 2.39. The molecule has 1 aliphatic heterocycles. The van der Waals surface area contributed by atoms with Crippen molar-refractivity contribution < 1.29 is 0 Å². The zero-order valence-electron chi connectivity index (χ0n) is 11.6. The zero-order chi connectivity index (χ0) is 12.8. The summed E-state index contributed by atoms with van der Waals surface area (Å²) in [6, 6.07) is 9.42. The Bertz CT molecular complexity index is 470. The lowest BCUT2D eigenvalue weighted by Crippen LogP contribution is -2.38. The third-order valence-corrected chi connectivity index (χ3v) is 5.67. The first-order valence-corrected chi connectivity index (χ1v) is 7.87. The molecule has 1 heterocycles. The number of nitrogens with two attached hydrogens (primary N) is 1. The molecule has 3 aliphatic rings. The smallest absolute Gasteiger partial charge is 0.00825 e. The average Bonchev–Trinajstić information content (AvgIpc) is 2.80. The molecule has 4 rings (SSSR count). The summed E-state index contributed by atoms with van der Waals surface area (Å²) in [5.41, 5.74) is 9.48. The van der Waals surface area contributed by atoms with Crippen molar-refractivity contribution in [2.45, 2.75) is 37.6 Å². The van der Waals surface area contributed by atoms with Crippen molar-refractivity contribution in [3.63, 3.8) is 0 Å². The molecule has 0 aromatic heterocycles. The van der Waals surface area contributed by atoms with Crippen molar-refractivity contribution in [3.05, 3.63) is 35.4 Å².